The molecule has 9 heteroatoms. The third-order valence-electron chi connectivity index (χ3n) is 11.1. The lowest BCUT2D eigenvalue weighted by atomic mass is 10.0. The minimum Gasteiger partial charge on any atom is -0.457 e. The van der Waals surface area contributed by atoms with Gasteiger partial charge in [-0.3, -0.25) is 13.8 Å². The molecule has 0 heterocycles. The van der Waals surface area contributed by atoms with Gasteiger partial charge in [0.2, 0.25) is 0 Å². The second kappa shape index (κ2) is 48.7. The third kappa shape index (κ3) is 47.8. The highest BCUT2D eigenvalue weighted by atomic mass is 31.2. The molecule has 0 rings (SSSR count). The van der Waals surface area contributed by atoms with Gasteiger partial charge in [0.1, 0.15) is 6.10 Å². The first kappa shape index (κ1) is 58.7. The van der Waals surface area contributed by atoms with Crippen LogP contribution >= 0.6 is 7.82 Å². The average Bonchev–Trinajstić information content (AvgIpc) is 3.24. The van der Waals surface area contributed by atoms with Gasteiger partial charge < -0.3 is 20.1 Å². The number of nitrogens with two attached hydrogens (primary N) is 1. The van der Waals surface area contributed by atoms with Crippen molar-refractivity contribution in [1.82, 2.24) is 0 Å². The fourth-order valence-corrected chi connectivity index (χ4v) is 8.07. The van der Waals surface area contributed by atoms with Crippen LogP contribution in [0.3, 0.4) is 0 Å². The van der Waals surface area contributed by atoms with E-state index in [0.717, 1.165) is 51.4 Å². The van der Waals surface area contributed by atoms with Gasteiger partial charge >= 0.3 is 13.8 Å². The predicted octanol–water partition coefficient (Wildman–Crippen LogP) is 15.8. The highest BCUT2D eigenvalue weighted by Gasteiger charge is 2.25. The summed E-state index contributed by atoms with van der Waals surface area (Å²) in [5.74, 6) is -0.333. The van der Waals surface area contributed by atoms with Gasteiger partial charge in [0.05, 0.1) is 19.8 Å². The number of carbonyl (C=O) groups is 1. The summed E-state index contributed by atoms with van der Waals surface area (Å²) < 4.78 is 33.6. The van der Waals surface area contributed by atoms with Crippen LogP contribution in [0.2, 0.25) is 0 Å². The summed E-state index contributed by atoms with van der Waals surface area (Å²) in [4.78, 5) is 22.6. The highest BCUT2D eigenvalue weighted by Crippen LogP contribution is 2.43. The molecule has 0 amide bonds. The number of phosphoric ester groups is 1. The van der Waals surface area contributed by atoms with E-state index in [1.54, 1.807) is 0 Å². The van der Waals surface area contributed by atoms with Crippen molar-refractivity contribution in [2.75, 3.05) is 33.0 Å². The number of hydrogen-bond acceptors (Lipinski definition) is 7. The Morgan fingerprint density at radius 3 is 1.32 bits per heavy atom. The molecule has 0 aliphatic rings. The maximum absolute atomic E-state index is 12.7. The van der Waals surface area contributed by atoms with Gasteiger partial charge in [0.25, 0.3) is 0 Å². The van der Waals surface area contributed by atoms with Gasteiger partial charge in [-0.2, -0.15) is 0 Å². The quantitative estimate of drug-likeness (QED) is 0.0269. The number of unbranched alkanes of at least 4 members (excludes halogenated alkanes) is 30. The van der Waals surface area contributed by atoms with Gasteiger partial charge in [0, 0.05) is 19.6 Å². The van der Waals surface area contributed by atoms with Crippen LogP contribution in [0.5, 0.6) is 0 Å². The van der Waals surface area contributed by atoms with Crippen molar-refractivity contribution in [3.8, 4) is 0 Å². The van der Waals surface area contributed by atoms with Gasteiger partial charge in [-0.25, -0.2) is 4.57 Å². The van der Waals surface area contributed by atoms with Crippen molar-refractivity contribution in [2.24, 2.45) is 5.73 Å². The number of phosphoric acid groups is 1. The van der Waals surface area contributed by atoms with Crippen molar-refractivity contribution in [1.29, 1.82) is 0 Å². The van der Waals surface area contributed by atoms with Crippen molar-refractivity contribution in [2.45, 2.75) is 251 Å². The van der Waals surface area contributed by atoms with Gasteiger partial charge in [-0.15, -0.1) is 0 Å². The summed E-state index contributed by atoms with van der Waals surface area (Å²) >= 11 is 0. The van der Waals surface area contributed by atoms with Gasteiger partial charge in [0.15, 0.2) is 0 Å². The van der Waals surface area contributed by atoms with Crippen LogP contribution in [0, 0.1) is 0 Å². The summed E-state index contributed by atoms with van der Waals surface area (Å²) in [6.07, 6.45) is 57.4. The van der Waals surface area contributed by atoms with E-state index in [1.807, 2.05) is 0 Å². The van der Waals surface area contributed by atoms with Crippen LogP contribution < -0.4 is 5.73 Å². The molecule has 0 spiro atoms. The maximum Gasteiger partial charge on any atom is 0.472 e. The smallest absolute Gasteiger partial charge is 0.457 e. The molecule has 354 valence electrons. The fourth-order valence-electron chi connectivity index (χ4n) is 7.30. The zero-order chi connectivity index (χ0) is 43.7. The van der Waals surface area contributed by atoms with Crippen molar-refractivity contribution in [3.63, 3.8) is 0 Å². The highest BCUT2D eigenvalue weighted by molar-refractivity contribution is 7.47. The Hall–Kier alpha value is -1.28. The van der Waals surface area contributed by atoms with Crippen molar-refractivity contribution in [3.05, 3.63) is 36.5 Å². The fraction of sp³-hybridized carbons (Fsp3) is 0.863. The van der Waals surface area contributed by atoms with E-state index in [9.17, 15) is 14.3 Å². The molecule has 0 radical (unpaired) electrons. The average molecular weight is 868 g/mol. The number of esters is 1. The number of hydrogen-bond donors (Lipinski definition) is 2. The molecular formula is C51H98NO7P. The summed E-state index contributed by atoms with van der Waals surface area (Å²) in [6, 6.07) is 0. The minimum atomic E-state index is -4.28. The monoisotopic (exact) mass is 868 g/mol. The zero-order valence-electron chi connectivity index (χ0n) is 39.5. The molecule has 0 aromatic rings. The first-order chi connectivity index (χ1) is 29.4. The molecular weight excluding hydrogens is 770 g/mol. The molecule has 2 atom stereocenters. The number of allylic oxidation sites excluding steroid dienone is 6. The Kier molecular flexibility index (Phi) is 47.7. The molecule has 60 heavy (non-hydrogen) atoms. The minimum absolute atomic E-state index is 0.0958. The van der Waals surface area contributed by atoms with E-state index in [1.165, 1.54) is 173 Å². The van der Waals surface area contributed by atoms with Gasteiger partial charge in [-0.05, 0) is 51.4 Å². The van der Waals surface area contributed by atoms with Crippen molar-refractivity contribution >= 4 is 13.8 Å². The molecule has 0 aromatic heterocycles. The normalized spacial score (nSPS) is 13.6. The number of rotatable bonds is 49. The van der Waals surface area contributed by atoms with Crippen LogP contribution in [0.15, 0.2) is 36.5 Å². The van der Waals surface area contributed by atoms with Crippen LogP contribution in [-0.4, -0.2) is 49.9 Å². The largest absolute Gasteiger partial charge is 0.472 e. The van der Waals surface area contributed by atoms with Crippen LogP contribution in [0.4, 0.5) is 0 Å². The Morgan fingerprint density at radius 2 is 0.883 bits per heavy atom. The standard InChI is InChI=1S/C51H98NO7P/c1-3-5-7-9-11-13-15-17-19-21-23-24-25-26-27-28-30-32-34-36-38-40-42-44-51(53)59-50(49-58-60(54,55)57-47-45-52)48-56-46-43-41-39-37-35-33-31-29-22-20-18-16-14-12-10-8-6-4-2/h15,17,21,23,25-26,50H,3-14,16,18-20,22,24,27-49,52H2,1-2H3,(H,54,55)/b17-15-,23-21-,26-25-. The van der Waals surface area contributed by atoms with E-state index in [4.69, 9.17) is 24.3 Å². The molecule has 3 N–H and O–H groups in total. The lowest BCUT2D eigenvalue weighted by Gasteiger charge is -2.20. The van der Waals surface area contributed by atoms with E-state index < -0.39 is 13.9 Å². The second-order valence-corrected chi connectivity index (χ2v) is 18.5. The summed E-state index contributed by atoms with van der Waals surface area (Å²) in [6.45, 7) is 4.95. The van der Waals surface area contributed by atoms with Gasteiger partial charge in [-0.1, -0.05) is 224 Å². The lowest BCUT2D eigenvalue weighted by Crippen LogP contribution is -2.28. The topological polar surface area (TPSA) is 117 Å². The van der Waals surface area contributed by atoms with Crippen molar-refractivity contribution < 1.29 is 32.8 Å². The Labute approximate surface area is 371 Å². The summed E-state index contributed by atoms with van der Waals surface area (Å²) in [5.41, 5.74) is 5.39. The molecule has 0 aliphatic carbocycles. The van der Waals surface area contributed by atoms with E-state index in [-0.39, 0.29) is 32.3 Å². The molecule has 0 fully saturated rings. The Bertz CT molecular complexity index is 1020. The Balaban J connectivity index is 3.95. The Morgan fingerprint density at radius 1 is 0.500 bits per heavy atom. The molecule has 0 aliphatic heterocycles. The predicted molar refractivity (Wildman–Crippen MR) is 256 cm³/mol. The summed E-state index contributed by atoms with van der Waals surface area (Å²) in [7, 11) is -4.28. The van der Waals surface area contributed by atoms with Crippen LogP contribution in [-0.2, 0) is 27.9 Å². The lowest BCUT2D eigenvalue weighted by molar-refractivity contribution is -0.154. The van der Waals surface area contributed by atoms with E-state index >= 15 is 0 Å². The number of carbonyl (C=O) groups excluding carboxylic acids is 1. The number of ether oxygens (including phenoxy) is 2. The second-order valence-electron chi connectivity index (χ2n) is 17.0. The first-order valence-corrected chi connectivity index (χ1v) is 27.0. The molecule has 0 saturated carbocycles. The molecule has 0 saturated heterocycles. The van der Waals surface area contributed by atoms with Crippen LogP contribution in [0.25, 0.3) is 0 Å². The third-order valence-corrected chi connectivity index (χ3v) is 12.0. The molecule has 8 nitrogen and oxygen atoms in total. The first-order valence-electron chi connectivity index (χ1n) is 25.5. The van der Waals surface area contributed by atoms with E-state index in [2.05, 4.69) is 50.3 Å². The summed E-state index contributed by atoms with van der Waals surface area (Å²) in [5, 5.41) is 0. The van der Waals surface area contributed by atoms with E-state index in [0.29, 0.717) is 13.0 Å². The molecule has 2 unspecified atom stereocenters. The SMILES string of the molecule is CCCCCCC/C=C\C/C=C\C/C=C\CCCCCCCCCCC(=O)OC(COCCCCCCCCCCCCCCCCCCCC)COP(=O)(O)OCCN. The maximum atomic E-state index is 12.7. The van der Waals surface area contributed by atoms with Crippen LogP contribution in [0.1, 0.15) is 245 Å². The molecule has 0 aromatic carbocycles. The molecule has 0 bridgehead atoms. The zero-order valence-corrected chi connectivity index (χ0v) is 40.3.